The van der Waals surface area contributed by atoms with Crippen molar-refractivity contribution in [1.29, 1.82) is 0 Å². The summed E-state index contributed by atoms with van der Waals surface area (Å²) in [5.41, 5.74) is 3.97. The fraction of sp³-hybridized carbons (Fsp3) is 0.250. The number of nitrogens with one attached hydrogen (secondary N) is 1. The fourth-order valence-electron chi connectivity index (χ4n) is 3.21. The lowest BCUT2D eigenvalue weighted by Gasteiger charge is -2.29. The molecule has 1 aliphatic rings. The molecule has 0 aliphatic carbocycles. The van der Waals surface area contributed by atoms with Crippen LogP contribution in [0.1, 0.15) is 27.0 Å². The first-order valence-corrected chi connectivity index (χ1v) is 8.44. The minimum atomic E-state index is -1.12. The maximum Gasteiger partial charge on any atom is 0.335 e. The summed E-state index contributed by atoms with van der Waals surface area (Å²) in [5.74, 6) is -1.52. The predicted molar refractivity (Wildman–Crippen MR) is 101 cm³/mol. The minimum Gasteiger partial charge on any atom is -0.482 e. The van der Waals surface area contributed by atoms with E-state index in [9.17, 15) is 19.5 Å². The number of ether oxygens (including phenoxy) is 1. The summed E-state index contributed by atoms with van der Waals surface area (Å²) in [6, 6.07) is 8.16. The van der Waals surface area contributed by atoms with Gasteiger partial charge in [0.25, 0.3) is 5.91 Å². The van der Waals surface area contributed by atoms with Crippen molar-refractivity contribution in [2.24, 2.45) is 0 Å². The zero-order chi connectivity index (χ0) is 19.7. The Morgan fingerprint density at radius 1 is 1.15 bits per heavy atom. The van der Waals surface area contributed by atoms with E-state index in [0.29, 0.717) is 11.4 Å². The van der Waals surface area contributed by atoms with Crippen LogP contribution in [-0.4, -0.2) is 36.0 Å². The Hall–Kier alpha value is -3.35. The van der Waals surface area contributed by atoms with Gasteiger partial charge in [0.15, 0.2) is 6.61 Å². The largest absolute Gasteiger partial charge is 0.482 e. The van der Waals surface area contributed by atoms with Crippen LogP contribution in [0, 0.1) is 20.8 Å². The molecule has 2 aromatic rings. The van der Waals surface area contributed by atoms with Gasteiger partial charge in [0.2, 0.25) is 5.91 Å². The monoisotopic (exact) mass is 368 g/mol. The number of anilines is 2. The van der Waals surface area contributed by atoms with Crippen molar-refractivity contribution in [3.8, 4) is 5.75 Å². The van der Waals surface area contributed by atoms with E-state index in [1.54, 1.807) is 0 Å². The molecule has 27 heavy (non-hydrogen) atoms. The summed E-state index contributed by atoms with van der Waals surface area (Å²) < 4.78 is 5.34. The Morgan fingerprint density at radius 2 is 1.81 bits per heavy atom. The molecule has 1 aliphatic heterocycles. The first kappa shape index (κ1) is 18.4. The van der Waals surface area contributed by atoms with Crippen LogP contribution < -0.4 is 15.0 Å². The molecule has 2 N–H and O–H groups in total. The highest BCUT2D eigenvalue weighted by Gasteiger charge is 2.28. The van der Waals surface area contributed by atoms with Crippen molar-refractivity contribution >= 4 is 29.2 Å². The highest BCUT2D eigenvalue weighted by atomic mass is 16.5. The Morgan fingerprint density at radius 3 is 2.44 bits per heavy atom. The van der Waals surface area contributed by atoms with Crippen molar-refractivity contribution in [2.45, 2.75) is 20.8 Å². The number of rotatable bonds is 4. The van der Waals surface area contributed by atoms with E-state index in [4.69, 9.17) is 4.74 Å². The second-order valence-electron chi connectivity index (χ2n) is 6.58. The topological polar surface area (TPSA) is 95.9 Å². The molecule has 0 saturated heterocycles. The van der Waals surface area contributed by atoms with Crippen LogP contribution in [0.3, 0.4) is 0 Å². The average Bonchev–Trinajstić information content (AvgIpc) is 2.60. The zero-order valence-electron chi connectivity index (χ0n) is 15.3. The Balaban J connectivity index is 1.85. The number of carboxylic acid groups (broad SMARTS) is 1. The van der Waals surface area contributed by atoms with Crippen LogP contribution >= 0.6 is 0 Å². The summed E-state index contributed by atoms with van der Waals surface area (Å²) in [4.78, 5) is 37.3. The van der Waals surface area contributed by atoms with Gasteiger partial charge in [0, 0.05) is 5.69 Å². The molecular weight excluding hydrogens is 348 g/mol. The third-order valence-electron chi connectivity index (χ3n) is 4.39. The molecule has 140 valence electrons. The number of carboxylic acids is 1. The molecule has 0 spiro atoms. The number of benzene rings is 2. The molecule has 0 radical (unpaired) electrons. The zero-order valence-corrected chi connectivity index (χ0v) is 15.3. The van der Waals surface area contributed by atoms with Gasteiger partial charge in [-0.15, -0.1) is 0 Å². The summed E-state index contributed by atoms with van der Waals surface area (Å²) in [7, 11) is 0. The molecular formula is C20H20N2O5. The Kier molecular flexibility index (Phi) is 4.85. The van der Waals surface area contributed by atoms with Gasteiger partial charge in [-0.05, 0) is 50.1 Å². The summed E-state index contributed by atoms with van der Waals surface area (Å²) >= 11 is 0. The van der Waals surface area contributed by atoms with E-state index in [1.807, 2.05) is 32.9 Å². The lowest BCUT2D eigenvalue weighted by molar-refractivity contribution is -0.123. The quantitative estimate of drug-likeness (QED) is 0.865. The van der Waals surface area contributed by atoms with Crippen LogP contribution in [0.4, 0.5) is 11.4 Å². The number of nitrogens with zero attached hydrogens (tertiary/aromatic N) is 1. The van der Waals surface area contributed by atoms with Gasteiger partial charge in [-0.1, -0.05) is 17.7 Å². The number of hydrogen-bond acceptors (Lipinski definition) is 4. The summed E-state index contributed by atoms with van der Waals surface area (Å²) in [5, 5.41) is 12.0. The molecule has 0 atom stereocenters. The van der Waals surface area contributed by atoms with Crippen LogP contribution in [0.15, 0.2) is 30.3 Å². The van der Waals surface area contributed by atoms with Gasteiger partial charge in [0.1, 0.15) is 12.3 Å². The van der Waals surface area contributed by atoms with Gasteiger partial charge in [-0.2, -0.15) is 0 Å². The number of amides is 2. The highest BCUT2D eigenvalue weighted by Crippen LogP contribution is 2.33. The molecule has 0 aromatic heterocycles. The Labute approximate surface area is 156 Å². The SMILES string of the molecule is Cc1cc(C)c(NC(=O)CN2C(=O)COc3ccc(C(=O)O)cc32)c(C)c1. The van der Waals surface area contributed by atoms with Gasteiger partial charge >= 0.3 is 5.97 Å². The van der Waals surface area contributed by atoms with E-state index in [-0.39, 0.29) is 30.3 Å². The minimum absolute atomic E-state index is 0.0164. The van der Waals surface area contributed by atoms with Crippen LogP contribution in [0.5, 0.6) is 5.75 Å². The van der Waals surface area contributed by atoms with Crippen molar-refractivity contribution in [3.63, 3.8) is 0 Å². The van der Waals surface area contributed by atoms with Gasteiger partial charge < -0.3 is 15.2 Å². The number of aryl methyl sites for hydroxylation is 3. The number of carbonyl (C=O) groups is 3. The van der Waals surface area contributed by atoms with Gasteiger partial charge in [-0.25, -0.2) is 4.79 Å². The first-order chi connectivity index (χ1) is 12.8. The first-order valence-electron chi connectivity index (χ1n) is 8.44. The molecule has 7 nitrogen and oxygen atoms in total. The smallest absolute Gasteiger partial charge is 0.335 e. The van der Waals surface area contributed by atoms with Gasteiger partial charge in [-0.3, -0.25) is 14.5 Å². The molecule has 3 rings (SSSR count). The second-order valence-corrected chi connectivity index (χ2v) is 6.58. The van der Waals surface area contributed by atoms with Crippen LogP contribution in [0.25, 0.3) is 0 Å². The predicted octanol–water partition coefficient (Wildman–Crippen LogP) is 2.67. The van der Waals surface area contributed by atoms with Crippen LogP contribution in [0.2, 0.25) is 0 Å². The number of carbonyl (C=O) groups excluding carboxylic acids is 2. The normalized spacial score (nSPS) is 13.0. The van der Waals surface area contributed by atoms with E-state index in [1.165, 1.54) is 23.1 Å². The summed E-state index contributed by atoms with van der Waals surface area (Å²) in [6.07, 6.45) is 0. The molecule has 0 fully saturated rings. The van der Waals surface area contributed by atoms with Crippen LogP contribution in [-0.2, 0) is 9.59 Å². The lowest BCUT2D eigenvalue weighted by Crippen LogP contribution is -2.43. The molecule has 7 heteroatoms. The van der Waals surface area contributed by atoms with Crippen molar-refractivity contribution < 1.29 is 24.2 Å². The standard InChI is InChI=1S/C20H20N2O5/c1-11-6-12(2)19(13(3)7-11)21-17(23)9-22-15-8-14(20(25)26)4-5-16(15)27-10-18(22)24/h4-8H,9-10H2,1-3H3,(H,21,23)(H,25,26). The Bertz CT molecular complexity index is 928. The highest BCUT2D eigenvalue weighted by molar-refractivity contribution is 6.06. The fourth-order valence-corrected chi connectivity index (χ4v) is 3.21. The van der Waals surface area contributed by atoms with E-state index >= 15 is 0 Å². The van der Waals surface area contributed by atoms with Crippen molar-refractivity contribution in [1.82, 2.24) is 0 Å². The average molecular weight is 368 g/mol. The molecule has 0 bridgehead atoms. The molecule has 0 saturated carbocycles. The second kappa shape index (κ2) is 7.11. The third kappa shape index (κ3) is 3.76. The number of hydrogen-bond donors (Lipinski definition) is 2. The van der Waals surface area contributed by atoms with E-state index in [2.05, 4.69) is 5.32 Å². The van der Waals surface area contributed by atoms with E-state index in [0.717, 1.165) is 16.7 Å². The summed E-state index contributed by atoms with van der Waals surface area (Å²) in [6.45, 7) is 5.36. The number of aromatic carboxylic acids is 1. The molecule has 2 amide bonds. The molecule has 1 heterocycles. The molecule has 0 unspecified atom stereocenters. The van der Waals surface area contributed by atoms with Gasteiger partial charge in [0.05, 0.1) is 11.3 Å². The van der Waals surface area contributed by atoms with E-state index < -0.39 is 11.9 Å². The third-order valence-corrected chi connectivity index (χ3v) is 4.39. The lowest BCUT2D eigenvalue weighted by atomic mass is 10.1. The van der Waals surface area contributed by atoms with Crippen molar-refractivity contribution in [3.05, 3.63) is 52.6 Å². The number of fused-ring (bicyclic) bond motifs is 1. The van der Waals surface area contributed by atoms with Crippen molar-refractivity contribution in [2.75, 3.05) is 23.4 Å². The maximum absolute atomic E-state index is 12.6. The molecule has 2 aromatic carbocycles. The maximum atomic E-state index is 12.6.